The Labute approximate surface area is 162 Å². The molecule has 0 N–H and O–H groups in total. The maximum Gasteiger partial charge on any atom is 0.355 e. The Morgan fingerprint density at radius 2 is 1.79 bits per heavy atom. The summed E-state index contributed by atoms with van der Waals surface area (Å²) in [5.41, 5.74) is 0.213. The lowest BCUT2D eigenvalue weighted by molar-refractivity contribution is -0.139. The first-order valence-corrected chi connectivity index (χ1v) is 9.07. The summed E-state index contributed by atoms with van der Waals surface area (Å²) in [6.07, 6.45) is 9.88. The summed E-state index contributed by atoms with van der Waals surface area (Å²) in [5.74, 6) is -1.97. The van der Waals surface area contributed by atoms with Crippen LogP contribution in [0.25, 0.3) is 0 Å². The second-order valence-corrected chi connectivity index (χ2v) is 6.43. The van der Waals surface area contributed by atoms with E-state index in [2.05, 4.69) is 0 Å². The zero-order valence-electron chi connectivity index (χ0n) is 15.8. The number of hydrogen-bond acceptors (Lipinski definition) is 6. The molecule has 2 aliphatic rings. The van der Waals surface area contributed by atoms with E-state index >= 15 is 0 Å². The van der Waals surface area contributed by atoms with Crippen molar-refractivity contribution < 1.29 is 28.2 Å². The Morgan fingerprint density at radius 3 is 2.46 bits per heavy atom. The number of benzene rings is 1. The number of anilines is 1. The molecule has 1 aromatic carbocycles. The van der Waals surface area contributed by atoms with Gasteiger partial charge < -0.3 is 19.1 Å². The third-order valence-corrected chi connectivity index (χ3v) is 4.68. The molecule has 7 heteroatoms. The molecule has 0 atom stereocenters. The largest absolute Gasteiger partial charge is 0.485 e. The van der Waals surface area contributed by atoms with E-state index < -0.39 is 17.8 Å². The lowest BCUT2D eigenvalue weighted by atomic mass is 10.1. The third kappa shape index (κ3) is 3.93. The fourth-order valence-corrected chi connectivity index (χ4v) is 3.33. The van der Waals surface area contributed by atoms with Crippen LogP contribution in [0, 0.1) is 5.82 Å². The molecular formula is C21H22FNO5. The molecule has 1 heterocycles. The van der Waals surface area contributed by atoms with Gasteiger partial charge in [-0.05, 0) is 50.0 Å². The van der Waals surface area contributed by atoms with Crippen molar-refractivity contribution in [2.45, 2.75) is 31.8 Å². The van der Waals surface area contributed by atoms with E-state index in [1.807, 2.05) is 0 Å². The van der Waals surface area contributed by atoms with Crippen molar-refractivity contribution in [2.75, 3.05) is 19.1 Å². The van der Waals surface area contributed by atoms with Gasteiger partial charge in [0.1, 0.15) is 5.70 Å². The number of ether oxygens (including phenoxy) is 3. The highest BCUT2D eigenvalue weighted by atomic mass is 19.1. The van der Waals surface area contributed by atoms with E-state index in [-0.39, 0.29) is 23.1 Å². The van der Waals surface area contributed by atoms with Gasteiger partial charge in [-0.15, -0.1) is 0 Å². The minimum atomic E-state index is -0.757. The van der Waals surface area contributed by atoms with Gasteiger partial charge in [0.05, 0.1) is 31.6 Å². The molecule has 0 radical (unpaired) electrons. The molecule has 1 aromatic rings. The Morgan fingerprint density at radius 1 is 1.07 bits per heavy atom. The van der Waals surface area contributed by atoms with Gasteiger partial charge in [0, 0.05) is 6.20 Å². The van der Waals surface area contributed by atoms with Crippen LogP contribution >= 0.6 is 0 Å². The molecule has 0 unspecified atom stereocenters. The van der Waals surface area contributed by atoms with Crippen LogP contribution in [0.5, 0.6) is 5.75 Å². The smallest absolute Gasteiger partial charge is 0.355 e. The Bertz CT molecular complexity index is 852. The van der Waals surface area contributed by atoms with Gasteiger partial charge in [0.2, 0.25) is 0 Å². The molecule has 1 fully saturated rings. The second-order valence-electron chi connectivity index (χ2n) is 6.43. The molecule has 148 valence electrons. The molecule has 28 heavy (non-hydrogen) atoms. The van der Waals surface area contributed by atoms with Crippen molar-refractivity contribution in [3.8, 4) is 5.75 Å². The first kappa shape index (κ1) is 19.7. The number of rotatable bonds is 5. The summed E-state index contributed by atoms with van der Waals surface area (Å²) >= 11 is 0. The highest BCUT2D eigenvalue weighted by molar-refractivity contribution is 6.05. The lowest BCUT2D eigenvalue weighted by Gasteiger charge is -2.26. The van der Waals surface area contributed by atoms with Gasteiger partial charge in [-0.3, -0.25) is 0 Å². The van der Waals surface area contributed by atoms with Crippen LogP contribution in [0.1, 0.15) is 25.7 Å². The monoisotopic (exact) mass is 387 g/mol. The van der Waals surface area contributed by atoms with Crippen molar-refractivity contribution in [3.05, 3.63) is 59.7 Å². The number of hydrogen-bond donors (Lipinski definition) is 0. The summed E-state index contributed by atoms with van der Waals surface area (Å²) in [7, 11) is 2.43. The van der Waals surface area contributed by atoms with Crippen molar-refractivity contribution >= 4 is 17.6 Å². The Balaban J connectivity index is 2.13. The van der Waals surface area contributed by atoms with Gasteiger partial charge in [-0.25, -0.2) is 14.0 Å². The first-order valence-electron chi connectivity index (χ1n) is 9.07. The third-order valence-electron chi connectivity index (χ3n) is 4.68. The number of carbonyl (C=O) groups is 2. The van der Waals surface area contributed by atoms with Crippen LogP contribution in [0.4, 0.5) is 10.1 Å². The normalized spacial score (nSPS) is 16.9. The van der Waals surface area contributed by atoms with E-state index in [9.17, 15) is 14.0 Å². The molecule has 1 aliphatic carbocycles. The summed E-state index contributed by atoms with van der Waals surface area (Å²) in [6.45, 7) is 0. The molecule has 0 amide bonds. The highest BCUT2D eigenvalue weighted by Gasteiger charge is 2.30. The number of methoxy groups -OCH3 is 2. The molecule has 0 aromatic heterocycles. The molecule has 6 nitrogen and oxygen atoms in total. The molecule has 1 saturated carbocycles. The van der Waals surface area contributed by atoms with E-state index in [1.165, 1.54) is 37.3 Å². The second kappa shape index (κ2) is 8.73. The summed E-state index contributed by atoms with van der Waals surface area (Å²) in [5, 5.41) is 0. The van der Waals surface area contributed by atoms with Crippen LogP contribution in [-0.4, -0.2) is 32.3 Å². The van der Waals surface area contributed by atoms with Crippen LogP contribution in [0.3, 0.4) is 0 Å². The predicted octanol–water partition coefficient (Wildman–Crippen LogP) is 3.64. The van der Waals surface area contributed by atoms with Crippen LogP contribution in [-0.2, 0) is 19.1 Å². The van der Waals surface area contributed by atoms with Crippen molar-refractivity contribution in [3.63, 3.8) is 0 Å². The maximum absolute atomic E-state index is 14.7. The van der Waals surface area contributed by atoms with Crippen LogP contribution < -0.4 is 9.64 Å². The maximum atomic E-state index is 14.7. The van der Waals surface area contributed by atoms with Crippen molar-refractivity contribution in [1.29, 1.82) is 0 Å². The number of nitrogens with zero attached hydrogens (tertiary/aromatic N) is 1. The fourth-order valence-electron chi connectivity index (χ4n) is 3.33. The number of para-hydroxylation sites is 1. The minimum Gasteiger partial charge on any atom is -0.485 e. The standard InChI is InChI=1S/C21H22FNO5/c1-26-20(24)15-10-5-6-13-23(18(15)21(25)27-2)17-12-7-11-16(22)19(17)28-14-8-3-4-9-14/h5-7,10-14H,3-4,8-9H2,1-2H3. The summed E-state index contributed by atoms with van der Waals surface area (Å²) in [6, 6.07) is 4.45. The molecule has 0 bridgehead atoms. The van der Waals surface area contributed by atoms with E-state index in [0.29, 0.717) is 5.69 Å². The minimum absolute atomic E-state index is 0.00423. The fraction of sp³-hybridized carbons (Fsp3) is 0.333. The van der Waals surface area contributed by atoms with Gasteiger partial charge >= 0.3 is 11.9 Å². The molecule has 3 rings (SSSR count). The molecule has 1 aliphatic heterocycles. The van der Waals surface area contributed by atoms with Crippen LogP contribution in [0.15, 0.2) is 53.9 Å². The Hall–Kier alpha value is -3.09. The average molecular weight is 387 g/mol. The van der Waals surface area contributed by atoms with Gasteiger partial charge in [-0.2, -0.15) is 0 Å². The summed E-state index contributed by atoms with van der Waals surface area (Å²) in [4.78, 5) is 26.2. The van der Waals surface area contributed by atoms with Gasteiger partial charge in [-0.1, -0.05) is 12.1 Å². The van der Waals surface area contributed by atoms with Crippen LogP contribution in [0.2, 0.25) is 0 Å². The number of carbonyl (C=O) groups excluding carboxylic acids is 2. The zero-order chi connectivity index (χ0) is 20.1. The van der Waals surface area contributed by atoms with Crippen molar-refractivity contribution in [1.82, 2.24) is 0 Å². The predicted molar refractivity (Wildman–Crippen MR) is 101 cm³/mol. The SMILES string of the molecule is COC(=O)C1=C(C(=O)OC)N(c2cccc(F)c2OC2CCCC2)C=CC=C1. The van der Waals surface area contributed by atoms with E-state index in [0.717, 1.165) is 25.7 Å². The molecule has 0 saturated heterocycles. The Kier molecular flexibility index (Phi) is 6.13. The topological polar surface area (TPSA) is 65.1 Å². The number of allylic oxidation sites excluding steroid dienone is 2. The number of esters is 2. The van der Waals surface area contributed by atoms with Crippen molar-refractivity contribution in [2.24, 2.45) is 0 Å². The van der Waals surface area contributed by atoms with Gasteiger partial charge in [0.15, 0.2) is 11.6 Å². The molecule has 0 spiro atoms. The number of halogens is 1. The van der Waals surface area contributed by atoms with E-state index in [4.69, 9.17) is 14.2 Å². The molecular weight excluding hydrogens is 365 g/mol. The average Bonchev–Trinajstić information content (AvgIpc) is 3.12. The highest BCUT2D eigenvalue weighted by Crippen LogP contribution is 2.38. The summed E-state index contributed by atoms with van der Waals surface area (Å²) < 4.78 is 30.3. The quantitative estimate of drug-likeness (QED) is 0.719. The first-order chi connectivity index (χ1) is 13.6. The van der Waals surface area contributed by atoms with E-state index in [1.54, 1.807) is 24.4 Å². The van der Waals surface area contributed by atoms with Gasteiger partial charge in [0.25, 0.3) is 0 Å². The zero-order valence-corrected chi connectivity index (χ0v) is 15.8. The lowest BCUT2D eigenvalue weighted by Crippen LogP contribution is -2.28.